The van der Waals surface area contributed by atoms with Crippen LogP contribution >= 0.6 is 0 Å². The van der Waals surface area contributed by atoms with Crippen LogP contribution in [0, 0.1) is 6.20 Å². The highest BCUT2D eigenvalue weighted by atomic mass is 14.6. The van der Waals surface area contributed by atoms with Crippen LogP contribution in [-0.4, -0.2) is 4.98 Å². The Balaban J connectivity index is 2.43. The van der Waals surface area contributed by atoms with Gasteiger partial charge in [0.2, 0.25) is 0 Å². The lowest BCUT2D eigenvalue weighted by atomic mass is 10.1. The van der Waals surface area contributed by atoms with Gasteiger partial charge in [0.15, 0.2) is 0 Å². The van der Waals surface area contributed by atoms with Gasteiger partial charge in [0, 0.05) is 6.20 Å². The summed E-state index contributed by atoms with van der Waals surface area (Å²) in [5, 5.41) is 0. The largest absolute Gasteiger partial charge is 0.254 e. The summed E-state index contributed by atoms with van der Waals surface area (Å²) in [4.78, 5) is 3.91. The number of rotatable bonds is 3. The van der Waals surface area contributed by atoms with Crippen molar-refractivity contribution in [3.8, 4) is 0 Å². The van der Waals surface area contributed by atoms with Crippen molar-refractivity contribution in [2.45, 2.75) is 26.2 Å². The van der Waals surface area contributed by atoms with E-state index in [2.05, 4.69) is 24.2 Å². The normalized spacial score (nSPS) is 9.70. The molecule has 53 valence electrons. The second-order valence-corrected chi connectivity index (χ2v) is 2.38. The average Bonchev–Trinajstić information content (AvgIpc) is 2.03. The molecular formula is C9H12N. The van der Waals surface area contributed by atoms with Crippen molar-refractivity contribution < 1.29 is 0 Å². The first-order valence-corrected chi connectivity index (χ1v) is 3.75. The molecule has 0 aliphatic carbocycles. The molecule has 0 aliphatic heterocycles. The minimum Gasteiger partial charge on any atom is -0.254 e. The molecule has 0 bridgehead atoms. The highest BCUT2D eigenvalue weighted by molar-refractivity contribution is 5.06. The topological polar surface area (TPSA) is 12.9 Å². The molecule has 1 heteroatoms. The zero-order chi connectivity index (χ0) is 7.23. The lowest BCUT2D eigenvalue weighted by Crippen LogP contribution is -1.84. The van der Waals surface area contributed by atoms with Gasteiger partial charge < -0.3 is 0 Å². The number of hydrogen-bond donors (Lipinski definition) is 0. The third-order valence-electron chi connectivity index (χ3n) is 1.47. The summed E-state index contributed by atoms with van der Waals surface area (Å²) < 4.78 is 0. The van der Waals surface area contributed by atoms with E-state index in [0.717, 1.165) is 6.42 Å². The average molecular weight is 134 g/mol. The maximum atomic E-state index is 3.91. The molecule has 1 heterocycles. The Bertz CT molecular complexity index is 169. The van der Waals surface area contributed by atoms with Crippen molar-refractivity contribution >= 4 is 0 Å². The molecule has 10 heavy (non-hydrogen) atoms. The highest BCUT2D eigenvalue weighted by Gasteiger charge is 1.89. The first-order chi connectivity index (χ1) is 4.93. The summed E-state index contributed by atoms with van der Waals surface area (Å²) in [7, 11) is 0. The fraction of sp³-hybridized carbons (Fsp3) is 0.444. The molecule has 1 rings (SSSR count). The van der Waals surface area contributed by atoms with E-state index >= 15 is 0 Å². The van der Waals surface area contributed by atoms with E-state index in [1.807, 2.05) is 6.07 Å². The zero-order valence-corrected chi connectivity index (χ0v) is 6.30. The van der Waals surface area contributed by atoms with Crippen molar-refractivity contribution in [3.05, 3.63) is 30.1 Å². The van der Waals surface area contributed by atoms with E-state index < -0.39 is 0 Å². The van der Waals surface area contributed by atoms with Crippen LogP contribution in [-0.2, 0) is 6.42 Å². The van der Waals surface area contributed by atoms with E-state index in [0.29, 0.717) is 0 Å². The first-order valence-electron chi connectivity index (χ1n) is 3.75. The van der Waals surface area contributed by atoms with Gasteiger partial charge in [-0.3, -0.25) is 4.98 Å². The predicted octanol–water partition coefficient (Wildman–Crippen LogP) is 2.22. The van der Waals surface area contributed by atoms with Crippen LogP contribution in [0.3, 0.4) is 0 Å². The lowest BCUT2D eigenvalue weighted by Gasteiger charge is -1.94. The summed E-state index contributed by atoms with van der Waals surface area (Å²) in [6, 6.07) is 4.03. The fourth-order valence-corrected chi connectivity index (χ4v) is 0.866. The molecule has 0 amide bonds. The fourth-order valence-electron chi connectivity index (χ4n) is 0.866. The van der Waals surface area contributed by atoms with E-state index in [1.165, 1.54) is 18.4 Å². The minimum absolute atomic E-state index is 1.12. The molecule has 0 aliphatic rings. The van der Waals surface area contributed by atoms with Crippen molar-refractivity contribution in [1.29, 1.82) is 0 Å². The lowest BCUT2D eigenvalue weighted by molar-refractivity contribution is 0.791. The Labute approximate surface area is 62.1 Å². The summed E-state index contributed by atoms with van der Waals surface area (Å²) in [6.45, 7) is 2.19. The quantitative estimate of drug-likeness (QED) is 0.617. The van der Waals surface area contributed by atoms with Crippen LogP contribution in [0.25, 0.3) is 0 Å². The molecule has 1 nitrogen and oxygen atoms in total. The van der Waals surface area contributed by atoms with E-state index in [-0.39, 0.29) is 0 Å². The van der Waals surface area contributed by atoms with Gasteiger partial charge in [-0.25, -0.2) is 0 Å². The number of pyridine rings is 1. The van der Waals surface area contributed by atoms with Crippen LogP contribution < -0.4 is 0 Å². The maximum Gasteiger partial charge on any atom is 0.0920 e. The minimum atomic E-state index is 1.12. The van der Waals surface area contributed by atoms with Crippen LogP contribution in [0.15, 0.2) is 18.3 Å². The summed E-state index contributed by atoms with van der Waals surface area (Å²) >= 11 is 0. The van der Waals surface area contributed by atoms with E-state index in [1.54, 1.807) is 6.20 Å². The molecular weight excluding hydrogens is 122 g/mol. The molecule has 1 radical (unpaired) electrons. The third-order valence-corrected chi connectivity index (χ3v) is 1.47. The molecule has 0 N–H and O–H groups in total. The van der Waals surface area contributed by atoms with Crippen LogP contribution in [0.2, 0.25) is 0 Å². The molecule has 0 saturated heterocycles. The number of nitrogens with zero attached hydrogens (tertiary/aromatic N) is 1. The monoisotopic (exact) mass is 134 g/mol. The Morgan fingerprint density at radius 3 is 3.10 bits per heavy atom. The van der Waals surface area contributed by atoms with E-state index in [9.17, 15) is 0 Å². The van der Waals surface area contributed by atoms with Gasteiger partial charge in [-0.1, -0.05) is 19.4 Å². The standard InChI is InChI=1S/C9H12N/c1-2-3-5-9-6-4-7-10-8-9/h4,6-7H,2-3,5H2,1H3. The summed E-state index contributed by atoms with van der Waals surface area (Å²) in [5.41, 5.74) is 1.23. The first kappa shape index (κ1) is 7.26. The maximum absolute atomic E-state index is 3.91. The summed E-state index contributed by atoms with van der Waals surface area (Å²) in [6.07, 6.45) is 8.31. The number of unbranched alkanes of at least 4 members (excludes halogenated alkanes) is 1. The zero-order valence-electron chi connectivity index (χ0n) is 6.30. The van der Waals surface area contributed by atoms with Gasteiger partial charge in [0.05, 0.1) is 6.20 Å². The van der Waals surface area contributed by atoms with Gasteiger partial charge >= 0.3 is 0 Å². The molecule has 0 spiro atoms. The Morgan fingerprint density at radius 2 is 2.50 bits per heavy atom. The van der Waals surface area contributed by atoms with Crippen LogP contribution in [0.1, 0.15) is 25.3 Å². The van der Waals surface area contributed by atoms with Crippen molar-refractivity contribution in [2.24, 2.45) is 0 Å². The number of aromatic nitrogens is 1. The molecule has 0 aromatic carbocycles. The Morgan fingerprint density at radius 1 is 1.60 bits per heavy atom. The SMILES string of the molecule is CCCCc1[c]nccc1. The Kier molecular flexibility index (Phi) is 2.94. The molecule has 0 fully saturated rings. The highest BCUT2D eigenvalue weighted by Crippen LogP contribution is 2.00. The molecule has 0 saturated carbocycles. The third kappa shape index (κ3) is 2.18. The number of hydrogen-bond acceptors (Lipinski definition) is 1. The van der Waals surface area contributed by atoms with Crippen LogP contribution in [0.5, 0.6) is 0 Å². The number of aryl methyl sites for hydroxylation is 1. The van der Waals surface area contributed by atoms with Crippen molar-refractivity contribution in [1.82, 2.24) is 4.98 Å². The van der Waals surface area contributed by atoms with E-state index in [4.69, 9.17) is 0 Å². The van der Waals surface area contributed by atoms with Crippen molar-refractivity contribution in [3.63, 3.8) is 0 Å². The van der Waals surface area contributed by atoms with Gasteiger partial charge in [-0.2, -0.15) is 0 Å². The second kappa shape index (κ2) is 4.04. The molecule has 1 aromatic rings. The molecule has 1 aromatic heterocycles. The van der Waals surface area contributed by atoms with Crippen LogP contribution in [0.4, 0.5) is 0 Å². The molecule has 0 unspecified atom stereocenters. The second-order valence-electron chi connectivity index (χ2n) is 2.38. The smallest absolute Gasteiger partial charge is 0.0920 e. The molecule has 0 atom stereocenters. The van der Waals surface area contributed by atoms with Gasteiger partial charge in [-0.05, 0) is 24.5 Å². The van der Waals surface area contributed by atoms with Gasteiger partial charge in [0.25, 0.3) is 0 Å². The summed E-state index contributed by atoms with van der Waals surface area (Å²) in [5.74, 6) is 0. The predicted molar refractivity (Wildman–Crippen MR) is 41.7 cm³/mol. The van der Waals surface area contributed by atoms with Gasteiger partial charge in [-0.15, -0.1) is 0 Å². The Hall–Kier alpha value is -0.850. The van der Waals surface area contributed by atoms with Crippen molar-refractivity contribution in [2.75, 3.05) is 0 Å². The van der Waals surface area contributed by atoms with Gasteiger partial charge in [0.1, 0.15) is 0 Å².